The van der Waals surface area contributed by atoms with Crippen molar-refractivity contribution in [2.75, 3.05) is 19.7 Å². The Bertz CT molecular complexity index is 322. The zero-order chi connectivity index (χ0) is 15.3. The number of morpholine rings is 1. The number of carbonyl (C=O) groups excluding carboxylic acids is 1. The maximum atomic E-state index is 11.7. The molecule has 5 nitrogen and oxygen atoms in total. The molecule has 3 N–H and O–H groups in total. The summed E-state index contributed by atoms with van der Waals surface area (Å²) < 4.78 is 5.63. The van der Waals surface area contributed by atoms with Crippen LogP contribution in [-0.2, 0) is 9.53 Å². The second-order valence-corrected chi connectivity index (χ2v) is 6.59. The molecule has 0 aromatic carbocycles. The average molecular weight is 285 g/mol. The molecule has 1 aliphatic heterocycles. The van der Waals surface area contributed by atoms with E-state index in [1.807, 2.05) is 20.8 Å². The van der Waals surface area contributed by atoms with Gasteiger partial charge in [-0.05, 0) is 54.0 Å². The molecule has 1 amide bonds. The molecule has 5 heteroatoms. The summed E-state index contributed by atoms with van der Waals surface area (Å²) in [6.07, 6.45) is 2.01. The van der Waals surface area contributed by atoms with Crippen molar-refractivity contribution >= 4 is 5.91 Å². The molecule has 118 valence electrons. The summed E-state index contributed by atoms with van der Waals surface area (Å²) in [4.78, 5) is 14.1. The van der Waals surface area contributed by atoms with Crippen molar-refractivity contribution in [1.82, 2.24) is 10.2 Å². The predicted octanol–water partition coefficient (Wildman–Crippen LogP) is 1.12. The minimum atomic E-state index is -0.616. The molecule has 1 aliphatic rings. The van der Waals surface area contributed by atoms with Gasteiger partial charge in [0, 0.05) is 18.6 Å². The van der Waals surface area contributed by atoms with Crippen LogP contribution in [0, 0.1) is 0 Å². The highest BCUT2D eigenvalue weighted by Crippen LogP contribution is 2.17. The standard InChI is InChI=1S/C15H31N3O2/c1-11(2)17-15(5,14(16)19)7-6-8-18-9-13(4)20-10-12(18)3/h11-13,17H,6-10H2,1-5H3,(H2,16,19). The Morgan fingerprint density at radius 1 is 1.50 bits per heavy atom. The van der Waals surface area contributed by atoms with Crippen LogP contribution in [0.4, 0.5) is 0 Å². The zero-order valence-corrected chi connectivity index (χ0v) is 13.6. The third kappa shape index (κ3) is 5.04. The molecule has 0 spiro atoms. The summed E-state index contributed by atoms with van der Waals surface area (Å²) in [6, 6.07) is 0.693. The van der Waals surface area contributed by atoms with Gasteiger partial charge in [0.1, 0.15) is 0 Å². The van der Waals surface area contributed by atoms with E-state index in [0.717, 1.165) is 32.5 Å². The molecular formula is C15H31N3O2. The number of carbonyl (C=O) groups is 1. The van der Waals surface area contributed by atoms with Crippen molar-refractivity contribution in [3.05, 3.63) is 0 Å². The zero-order valence-electron chi connectivity index (χ0n) is 13.6. The van der Waals surface area contributed by atoms with E-state index in [2.05, 4.69) is 24.1 Å². The monoisotopic (exact) mass is 285 g/mol. The number of ether oxygens (including phenoxy) is 1. The van der Waals surface area contributed by atoms with Crippen molar-refractivity contribution in [2.24, 2.45) is 5.73 Å². The van der Waals surface area contributed by atoms with E-state index in [1.54, 1.807) is 0 Å². The van der Waals surface area contributed by atoms with E-state index in [4.69, 9.17) is 10.5 Å². The molecule has 1 fully saturated rings. The maximum Gasteiger partial charge on any atom is 0.237 e. The number of amides is 1. The highest BCUT2D eigenvalue weighted by Gasteiger charge is 2.31. The first-order valence-corrected chi connectivity index (χ1v) is 7.68. The molecule has 0 aliphatic carbocycles. The lowest BCUT2D eigenvalue weighted by Gasteiger charge is -2.37. The largest absolute Gasteiger partial charge is 0.376 e. The Labute approximate surface area is 123 Å². The molecule has 0 aromatic heterocycles. The van der Waals surface area contributed by atoms with Crippen LogP contribution >= 0.6 is 0 Å². The maximum absolute atomic E-state index is 11.7. The fourth-order valence-corrected chi connectivity index (χ4v) is 2.82. The lowest BCUT2D eigenvalue weighted by atomic mass is 9.93. The van der Waals surface area contributed by atoms with Gasteiger partial charge in [0.15, 0.2) is 0 Å². The van der Waals surface area contributed by atoms with Crippen LogP contribution in [0.3, 0.4) is 0 Å². The van der Waals surface area contributed by atoms with E-state index < -0.39 is 5.54 Å². The third-order valence-electron chi connectivity index (χ3n) is 4.01. The van der Waals surface area contributed by atoms with Gasteiger partial charge in [-0.3, -0.25) is 9.69 Å². The Morgan fingerprint density at radius 3 is 2.70 bits per heavy atom. The molecule has 20 heavy (non-hydrogen) atoms. The van der Waals surface area contributed by atoms with Crippen LogP contribution in [0.15, 0.2) is 0 Å². The van der Waals surface area contributed by atoms with Crippen LogP contribution in [0.5, 0.6) is 0 Å². The van der Waals surface area contributed by atoms with Gasteiger partial charge in [-0.2, -0.15) is 0 Å². The Morgan fingerprint density at radius 2 is 2.15 bits per heavy atom. The summed E-state index contributed by atoms with van der Waals surface area (Å²) in [5, 5.41) is 3.30. The van der Waals surface area contributed by atoms with Gasteiger partial charge in [0.2, 0.25) is 5.91 Å². The number of nitrogens with one attached hydrogen (secondary N) is 1. The average Bonchev–Trinajstić information content (AvgIpc) is 2.32. The smallest absolute Gasteiger partial charge is 0.237 e. The number of primary amides is 1. The normalized spacial score (nSPS) is 27.5. The summed E-state index contributed by atoms with van der Waals surface area (Å²) in [6.45, 7) is 13.0. The first-order chi connectivity index (χ1) is 9.24. The van der Waals surface area contributed by atoms with Crippen LogP contribution in [0.2, 0.25) is 0 Å². The summed E-state index contributed by atoms with van der Waals surface area (Å²) in [5.74, 6) is -0.269. The van der Waals surface area contributed by atoms with Gasteiger partial charge in [0.05, 0.1) is 18.2 Å². The second-order valence-electron chi connectivity index (χ2n) is 6.59. The quantitative estimate of drug-likeness (QED) is 0.735. The van der Waals surface area contributed by atoms with E-state index >= 15 is 0 Å². The van der Waals surface area contributed by atoms with E-state index in [-0.39, 0.29) is 11.9 Å². The van der Waals surface area contributed by atoms with Gasteiger partial charge >= 0.3 is 0 Å². The van der Waals surface area contributed by atoms with Gasteiger partial charge in [0.25, 0.3) is 0 Å². The van der Waals surface area contributed by atoms with Crippen molar-refractivity contribution in [1.29, 1.82) is 0 Å². The molecule has 1 saturated heterocycles. The number of rotatable bonds is 7. The minimum absolute atomic E-state index is 0.245. The van der Waals surface area contributed by atoms with Crippen molar-refractivity contribution in [2.45, 2.75) is 71.2 Å². The molecule has 3 unspecified atom stereocenters. The summed E-state index contributed by atoms with van der Waals surface area (Å²) >= 11 is 0. The molecule has 0 radical (unpaired) electrons. The van der Waals surface area contributed by atoms with E-state index in [0.29, 0.717) is 12.1 Å². The van der Waals surface area contributed by atoms with Gasteiger partial charge in [-0.25, -0.2) is 0 Å². The molecule has 0 bridgehead atoms. The fourth-order valence-electron chi connectivity index (χ4n) is 2.82. The van der Waals surface area contributed by atoms with Gasteiger partial charge in [-0.1, -0.05) is 0 Å². The SMILES string of the molecule is CC(C)NC(C)(CCCN1CC(C)OCC1C)C(N)=O. The van der Waals surface area contributed by atoms with Crippen LogP contribution < -0.4 is 11.1 Å². The Hall–Kier alpha value is -0.650. The second kappa shape index (κ2) is 7.38. The highest BCUT2D eigenvalue weighted by molar-refractivity contribution is 5.84. The van der Waals surface area contributed by atoms with Crippen LogP contribution in [0.1, 0.15) is 47.5 Å². The first-order valence-electron chi connectivity index (χ1n) is 7.68. The van der Waals surface area contributed by atoms with Gasteiger partial charge in [-0.15, -0.1) is 0 Å². The predicted molar refractivity (Wildman–Crippen MR) is 81.6 cm³/mol. The minimum Gasteiger partial charge on any atom is -0.376 e. The summed E-state index contributed by atoms with van der Waals surface area (Å²) in [5.41, 5.74) is 4.94. The van der Waals surface area contributed by atoms with Crippen molar-refractivity contribution < 1.29 is 9.53 Å². The molecule has 0 aromatic rings. The molecule has 0 saturated carbocycles. The van der Waals surface area contributed by atoms with Gasteiger partial charge < -0.3 is 15.8 Å². The fraction of sp³-hybridized carbons (Fsp3) is 0.933. The van der Waals surface area contributed by atoms with Crippen molar-refractivity contribution in [3.8, 4) is 0 Å². The van der Waals surface area contributed by atoms with E-state index in [1.165, 1.54) is 0 Å². The van der Waals surface area contributed by atoms with E-state index in [9.17, 15) is 4.79 Å². The van der Waals surface area contributed by atoms with Crippen molar-refractivity contribution in [3.63, 3.8) is 0 Å². The topological polar surface area (TPSA) is 67.6 Å². The molecule has 3 atom stereocenters. The molecule has 1 heterocycles. The molecule has 1 rings (SSSR count). The first kappa shape index (κ1) is 17.4. The van der Waals surface area contributed by atoms with Crippen LogP contribution in [0.25, 0.3) is 0 Å². The highest BCUT2D eigenvalue weighted by atomic mass is 16.5. The summed E-state index contributed by atoms with van der Waals surface area (Å²) in [7, 11) is 0. The Kier molecular flexibility index (Phi) is 6.43. The Balaban J connectivity index is 2.46. The van der Waals surface area contributed by atoms with Crippen LogP contribution in [-0.4, -0.2) is 54.2 Å². The molecular weight excluding hydrogens is 254 g/mol. The number of nitrogens with zero attached hydrogens (tertiary/aromatic N) is 1. The number of nitrogens with two attached hydrogens (primary N) is 1. The third-order valence-corrected chi connectivity index (χ3v) is 4.01. The number of hydrogen-bond donors (Lipinski definition) is 2. The lowest BCUT2D eigenvalue weighted by molar-refractivity contribution is -0.124. The lowest BCUT2D eigenvalue weighted by Crippen LogP contribution is -2.56. The number of hydrogen-bond acceptors (Lipinski definition) is 4.